The van der Waals surface area contributed by atoms with Crippen molar-refractivity contribution >= 4 is 38.5 Å². The second-order valence-corrected chi connectivity index (χ2v) is 7.20. The van der Waals surface area contributed by atoms with Gasteiger partial charge in [0.1, 0.15) is 0 Å². The van der Waals surface area contributed by atoms with Crippen LogP contribution in [0, 0.1) is 0 Å². The maximum absolute atomic E-state index is 5.46. The maximum Gasteiger partial charge on any atom is 0.161 e. The molecule has 1 aromatic carbocycles. The Hall–Kier alpha value is -0.520. The molecule has 0 unspecified atom stereocenters. The molecule has 20 heavy (non-hydrogen) atoms. The molecule has 0 atom stereocenters. The number of nitrogens with one attached hydrogen (secondary N) is 1. The van der Waals surface area contributed by atoms with Crippen molar-refractivity contribution < 1.29 is 4.74 Å². The van der Waals surface area contributed by atoms with E-state index >= 15 is 0 Å². The molecule has 1 saturated heterocycles. The predicted octanol–water partition coefficient (Wildman–Crippen LogP) is 4.08. The highest BCUT2D eigenvalue weighted by Crippen LogP contribution is 2.36. The van der Waals surface area contributed by atoms with Crippen LogP contribution < -0.4 is 5.32 Å². The lowest BCUT2D eigenvalue weighted by Crippen LogP contribution is -2.34. The molecule has 3 rings (SSSR count). The van der Waals surface area contributed by atoms with E-state index in [1.54, 1.807) is 0 Å². The summed E-state index contributed by atoms with van der Waals surface area (Å²) in [5.74, 6) is 1.08. The first-order chi connectivity index (χ1) is 9.71. The SMILES string of the molecule is CCc1cc(Br)ccc1NC1=NC2(CCOCC2)CS1. The summed E-state index contributed by atoms with van der Waals surface area (Å²) in [6.45, 7) is 3.86. The zero-order valence-electron chi connectivity index (χ0n) is 11.6. The molecule has 0 radical (unpaired) electrons. The van der Waals surface area contributed by atoms with Crippen LogP contribution in [0.1, 0.15) is 25.3 Å². The fraction of sp³-hybridized carbons (Fsp3) is 0.533. The Balaban J connectivity index is 1.77. The molecule has 2 aliphatic heterocycles. The van der Waals surface area contributed by atoms with E-state index in [0.717, 1.165) is 47.9 Å². The lowest BCUT2D eigenvalue weighted by molar-refractivity contribution is 0.0624. The average molecular weight is 355 g/mol. The van der Waals surface area contributed by atoms with E-state index in [4.69, 9.17) is 9.73 Å². The maximum atomic E-state index is 5.46. The first kappa shape index (κ1) is 14.4. The van der Waals surface area contributed by atoms with Crippen molar-refractivity contribution in [2.24, 2.45) is 4.99 Å². The molecule has 1 aromatic rings. The highest BCUT2D eigenvalue weighted by atomic mass is 79.9. The lowest BCUT2D eigenvalue weighted by atomic mass is 9.93. The highest BCUT2D eigenvalue weighted by molar-refractivity contribution is 9.10. The molecule has 108 valence electrons. The van der Waals surface area contributed by atoms with Gasteiger partial charge in [-0.3, -0.25) is 4.99 Å². The average Bonchev–Trinajstić information content (AvgIpc) is 2.84. The molecule has 0 aromatic heterocycles. The normalized spacial score (nSPS) is 21.0. The van der Waals surface area contributed by atoms with E-state index in [0.29, 0.717) is 0 Å². The summed E-state index contributed by atoms with van der Waals surface area (Å²) in [4.78, 5) is 4.95. The second kappa shape index (κ2) is 6.08. The van der Waals surface area contributed by atoms with Gasteiger partial charge in [0, 0.05) is 29.1 Å². The van der Waals surface area contributed by atoms with Crippen LogP contribution in [0.15, 0.2) is 27.7 Å². The summed E-state index contributed by atoms with van der Waals surface area (Å²) in [5.41, 5.74) is 2.61. The van der Waals surface area contributed by atoms with Crippen LogP contribution in [0.5, 0.6) is 0 Å². The molecule has 2 heterocycles. The number of nitrogens with zero attached hydrogens (tertiary/aromatic N) is 1. The third-order valence-electron chi connectivity index (χ3n) is 3.93. The second-order valence-electron chi connectivity index (χ2n) is 5.32. The summed E-state index contributed by atoms with van der Waals surface area (Å²) in [7, 11) is 0. The van der Waals surface area contributed by atoms with Crippen LogP contribution in [-0.4, -0.2) is 29.7 Å². The number of rotatable bonds is 2. The van der Waals surface area contributed by atoms with Gasteiger partial charge in [0.25, 0.3) is 0 Å². The molecule has 3 nitrogen and oxygen atoms in total. The van der Waals surface area contributed by atoms with E-state index in [2.05, 4.69) is 46.4 Å². The molecular formula is C15H19BrN2OS. The Labute approximate surface area is 132 Å². The van der Waals surface area contributed by atoms with Crippen molar-refractivity contribution in [2.75, 3.05) is 24.3 Å². The van der Waals surface area contributed by atoms with Crippen molar-refractivity contribution in [3.05, 3.63) is 28.2 Å². The van der Waals surface area contributed by atoms with Gasteiger partial charge in [-0.25, -0.2) is 0 Å². The number of hydrogen-bond donors (Lipinski definition) is 1. The molecule has 1 fully saturated rings. The van der Waals surface area contributed by atoms with Crippen LogP contribution in [0.4, 0.5) is 5.69 Å². The van der Waals surface area contributed by atoms with Crippen molar-refractivity contribution in [3.63, 3.8) is 0 Å². The van der Waals surface area contributed by atoms with E-state index in [1.807, 2.05) is 11.8 Å². The summed E-state index contributed by atoms with van der Waals surface area (Å²) in [5, 5.41) is 4.57. The number of thioether (sulfide) groups is 1. The minimum absolute atomic E-state index is 0.118. The highest BCUT2D eigenvalue weighted by Gasteiger charge is 2.37. The number of hydrogen-bond acceptors (Lipinski definition) is 4. The standard InChI is InChI=1S/C15H19BrN2OS/c1-2-11-9-12(16)3-4-13(11)17-14-18-15(10-20-14)5-7-19-8-6-15/h3-4,9H,2,5-8,10H2,1H3,(H,17,18). The van der Waals surface area contributed by atoms with Crippen LogP contribution in [0.3, 0.4) is 0 Å². The van der Waals surface area contributed by atoms with Gasteiger partial charge in [0.15, 0.2) is 5.17 Å². The number of anilines is 1. The Kier molecular flexibility index (Phi) is 4.38. The Morgan fingerprint density at radius 2 is 2.20 bits per heavy atom. The molecular weight excluding hydrogens is 336 g/mol. The Bertz CT molecular complexity index is 527. The zero-order chi connectivity index (χ0) is 14.0. The van der Waals surface area contributed by atoms with Crippen LogP contribution in [-0.2, 0) is 11.2 Å². The third kappa shape index (κ3) is 3.05. The van der Waals surface area contributed by atoms with E-state index in [1.165, 1.54) is 11.3 Å². The number of aryl methyl sites for hydroxylation is 1. The van der Waals surface area contributed by atoms with Crippen molar-refractivity contribution in [1.29, 1.82) is 0 Å². The first-order valence-electron chi connectivity index (χ1n) is 7.07. The number of benzene rings is 1. The smallest absolute Gasteiger partial charge is 0.161 e. The van der Waals surface area contributed by atoms with E-state index < -0.39 is 0 Å². The third-order valence-corrected chi connectivity index (χ3v) is 5.57. The number of halogens is 1. The molecule has 1 N–H and O–H groups in total. The summed E-state index contributed by atoms with van der Waals surface area (Å²) >= 11 is 5.37. The van der Waals surface area contributed by atoms with Crippen molar-refractivity contribution in [1.82, 2.24) is 0 Å². The van der Waals surface area contributed by atoms with Gasteiger partial charge >= 0.3 is 0 Å². The fourth-order valence-corrected chi connectivity index (χ4v) is 4.25. The van der Waals surface area contributed by atoms with Crippen LogP contribution >= 0.6 is 27.7 Å². The Morgan fingerprint density at radius 1 is 1.40 bits per heavy atom. The van der Waals surface area contributed by atoms with Gasteiger partial charge in [0.2, 0.25) is 0 Å². The Morgan fingerprint density at radius 3 is 2.95 bits per heavy atom. The van der Waals surface area contributed by atoms with Crippen LogP contribution in [0.2, 0.25) is 0 Å². The number of aliphatic imine (C=N–C) groups is 1. The summed E-state index contributed by atoms with van der Waals surface area (Å²) < 4.78 is 6.58. The monoisotopic (exact) mass is 354 g/mol. The molecule has 1 spiro atoms. The first-order valence-corrected chi connectivity index (χ1v) is 8.84. The van der Waals surface area contributed by atoms with Gasteiger partial charge in [-0.2, -0.15) is 0 Å². The topological polar surface area (TPSA) is 33.6 Å². The van der Waals surface area contributed by atoms with Gasteiger partial charge in [-0.15, -0.1) is 0 Å². The number of amidine groups is 1. The predicted molar refractivity (Wildman–Crippen MR) is 89.8 cm³/mol. The molecule has 0 saturated carbocycles. The molecule has 0 amide bonds. The van der Waals surface area contributed by atoms with Crippen molar-refractivity contribution in [3.8, 4) is 0 Å². The molecule has 0 aliphatic carbocycles. The van der Waals surface area contributed by atoms with Gasteiger partial charge < -0.3 is 10.1 Å². The van der Waals surface area contributed by atoms with Crippen molar-refractivity contribution in [2.45, 2.75) is 31.7 Å². The zero-order valence-corrected chi connectivity index (χ0v) is 14.0. The van der Waals surface area contributed by atoms with E-state index in [9.17, 15) is 0 Å². The minimum atomic E-state index is 0.118. The van der Waals surface area contributed by atoms with E-state index in [-0.39, 0.29) is 5.54 Å². The largest absolute Gasteiger partial charge is 0.381 e. The molecule has 2 aliphatic rings. The number of ether oxygens (including phenoxy) is 1. The van der Waals surface area contributed by atoms with Gasteiger partial charge in [-0.1, -0.05) is 34.6 Å². The van der Waals surface area contributed by atoms with Crippen LogP contribution in [0.25, 0.3) is 0 Å². The quantitative estimate of drug-likeness (QED) is 0.868. The van der Waals surface area contributed by atoms with Gasteiger partial charge in [0.05, 0.1) is 5.54 Å². The minimum Gasteiger partial charge on any atom is -0.381 e. The summed E-state index contributed by atoms with van der Waals surface area (Å²) in [6.07, 6.45) is 3.11. The molecule has 5 heteroatoms. The fourth-order valence-electron chi connectivity index (χ4n) is 2.65. The lowest BCUT2D eigenvalue weighted by Gasteiger charge is -2.29. The molecule has 0 bridgehead atoms. The van der Waals surface area contributed by atoms with Gasteiger partial charge in [-0.05, 0) is 43.0 Å². The summed E-state index contributed by atoms with van der Waals surface area (Å²) in [6, 6.07) is 6.37.